The Hall–Kier alpha value is -3.39. The highest BCUT2D eigenvalue weighted by Crippen LogP contribution is 2.41. The Morgan fingerprint density at radius 1 is 1.06 bits per heavy atom. The molecule has 0 bridgehead atoms. The Balaban J connectivity index is 2.07. The monoisotopic (exact) mass is 453 g/mol. The number of ether oxygens (including phenoxy) is 2. The molecule has 0 spiro atoms. The van der Waals surface area contributed by atoms with Crippen LogP contribution in [0.15, 0.2) is 48.3 Å². The molecule has 2 heterocycles. The second kappa shape index (κ2) is 11.0. The smallest absolute Gasteiger partial charge is 0.295 e. The summed E-state index contributed by atoms with van der Waals surface area (Å²) in [4.78, 5) is 33.0. The molecular weight excluding hydrogens is 422 g/mol. The van der Waals surface area contributed by atoms with Gasteiger partial charge in [0.1, 0.15) is 0 Å². The SMILES string of the molecule is CC[NH+](CC)CCCN1C(=O)C(=O)C(=C([O-])c2ccncc2)C1c1ccc(OC)c(OC)c1. The van der Waals surface area contributed by atoms with Crippen LogP contribution >= 0.6 is 0 Å². The van der Waals surface area contributed by atoms with Crippen LogP contribution in [0.5, 0.6) is 11.5 Å². The summed E-state index contributed by atoms with van der Waals surface area (Å²) < 4.78 is 10.8. The zero-order valence-corrected chi connectivity index (χ0v) is 19.6. The van der Waals surface area contributed by atoms with E-state index >= 15 is 0 Å². The van der Waals surface area contributed by atoms with Gasteiger partial charge in [0.05, 0.1) is 39.9 Å². The maximum atomic E-state index is 13.4. The van der Waals surface area contributed by atoms with Crippen molar-refractivity contribution in [3.05, 3.63) is 59.4 Å². The minimum Gasteiger partial charge on any atom is -0.872 e. The quantitative estimate of drug-likeness (QED) is 0.322. The van der Waals surface area contributed by atoms with Crippen LogP contribution < -0.4 is 19.5 Å². The number of pyridine rings is 1. The summed E-state index contributed by atoms with van der Waals surface area (Å²) >= 11 is 0. The third-order valence-corrected chi connectivity index (χ3v) is 6.12. The Kier molecular flexibility index (Phi) is 8.06. The highest BCUT2D eigenvalue weighted by Gasteiger charge is 2.44. The number of nitrogens with one attached hydrogen (secondary N) is 1. The number of quaternary nitrogens is 1. The van der Waals surface area contributed by atoms with Gasteiger partial charge in [-0.25, -0.2) is 0 Å². The second-order valence-electron chi connectivity index (χ2n) is 7.88. The van der Waals surface area contributed by atoms with Crippen molar-refractivity contribution in [1.29, 1.82) is 0 Å². The van der Waals surface area contributed by atoms with Gasteiger partial charge in [-0.2, -0.15) is 0 Å². The second-order valence-corrected chi connectivity index (χ2v) is 7.88. The lowest BCUT2D eigenvalue weighted by Crippen LogP contribution is -3.11. The molecule has 1 amide bonds. The minimum absolute atomic E-state index is 0.0476. The Morgan fingerprint density at radius 2 is 1.73 bits per heavy atom. The van der Waals surface area contributed by atoms with Gasteiger partial charge in [0.25, 0.3) is 5.91 Å². The van der Waals surface area contributed by atoms with Crippen LogP contribution in [0.1, 0.15) is 37.4 Å². The summed E-state index contributed by atoms with van der Waals surface area (Å²) in [5.74, 6) is -0.887. The van der Waals surface area contributed by atoms with Crippen LogP contribution in [0.25, 0.3) is 5.76 Å². The summed E-state index contributed by atoms with van der Waals surface area (Å²) in [6.45, 7) is 7.46. The van der Waals surface area contributed by atoms with E-state index in [4.69, 9.17) is 9.47 Å². The number of nitrogens with zero attached hydrogens (tertiary/aromatic N) is 2. The van der Waals surface area contributed by atoms with Gasteiger partial charge in [-0.1, -0.05) is 11.8 Å². The number of aromatic nitrogens is 1. The molecule has 176 valence electrons. The standard InChI is InChI=1S/C25H31N3O5/c1-5-27(6-2)14-7-15-28-22(18-8-9-19(32-3)20(16-18)33-4)21(24(30)25(28)31)23(29)17-10-12-26-13-11-17/h8-13,16,22,29H,5-7,14-15H2,1-4H3. The number of benzene rings is 1. The van der Waals surface area contributed by atoms with Gasteiger partial charge < -0.3 is 24.4 Å². The Bertz CT molecular complexity index is 1020. The molecule has 1 N–H and O–H groups in total. The highest BCUT2D eigenvalue weighted by molar-refractivity contribution is 6.46. The van der Waals surface area contributed by atoms with Gasteiger partial charge in [-0.3, -0.25) is 14.6 Å². The molecule has 1 aromatic carbocycles. The number of hydrogen-bond donors (Lipinski definition) is 1. The molecule has 1 saturated heterocycles. The van der Waals surface area contributed by atoms with Crippen LogP contribution in [0.2, 0.25) is 0 Å². The number of carbonyl (C=O) groups excluding carboxylic acids is 2. The zero-order chi connectivity index (χ0) is 24.0. The fraction of sp³-hybridized carbons (Fsp3) is 0.400. The Labute approximate surface area is 194 Å². The number of methoxy groups -OCH3 is 2. The van der Waals surface area contributed by atoms with Crippen molar-refractivity contribution in [2.24, 2.45) is 0 Å². The molecule has 1 atom stereocenters. The van der Waals surface area contributed by atoms with Gasteiger partial charge >= 0.3 is 0 Å². The number of carbonyl (C=O) groups is 2. The summed E-state index contributed by atoms with van der Waals surface area (Å²) in [6, 6.07) is 7.50. The number of ketones is 1. The van der Waals surface area contributed by atoms with Crippen molar-refractivity contribution in [1.82, 2.24) is 9.88 Å². The zero-order valence-electron chi connectivity index (χ0n) is 19.6. The number of hydrogen-bond acceptors (Lipinski definition) is 6. The molecule has 33 heavy (non-hydrogen) atoms. The van der Waals surface area contributed by atoms with Gasteiger partial charge in [-0.15, -0.1) is 0 Å². The maximum Gasteiger partial charge on any atom is 0.295 e. The molecular formula is C25H31N3O5. The molecule has 1 fully saturated rings. The lowest BCUT2D eigenvalue weighted by Gasteiger charge is -2.28. The van der Waals surface area contributed by atoms with Gasteiger partial charge in [0, 0.05) is 30.9 Å². The van der Waals surface area contributed by atoms with Crippen molar-refractivity contribution >= 4 is 17.4 Å². The van der Waals surface area contributed by atoms with Gasteiger partial charge in [0.15, 0.2) is 11.5 Å². The molecule has 1 aliphatic rings. The normalized spacial score (nSPS) is 17.6. The first-order chi connectivity index (χ1) is 16.0. The molecule has 8 heteroatoms. The molecule has 8 nitrogen and oxygen atoms in total. The van der Waals surface area contributed by atoms with E-state index in [9.17, 15) is 14.7 Å². The molecule has 1 unspecified atom stereocenters. The van der Waals surface area contributed by atoms with E-state index in [0.29, 0.717) is 29.2 Å². The van der Waals surface area contributed by atoms with Crippen molar-refractivity contribution in [2.75, 3.05) is 40.4 Å². The van der Waals surface area contributed by atoms with Crippen LogP contribution in [-0.4, -0.2) is 62.0 Å². The van der Waals surface area contributed by atoms with E-state index in [2.05, 4.69) is 18.8 Å². The lowest BCUT2D eigenvalue weighted by atomic mass is 9.95. The largest absolute Gasteiger partial charge is 0.872 e. The first kappa shape index (κ1) is 24.3. The topological polar surface area (TPSA) is 96.2 Å². The third-order valence-electron chi connectivity index (χ3n) is 6.12. The summed E-state index contributed by atoms with van der Waals surface area (Å²) in [6.07, 6.45) is 3.70. The van der Waals surface area contributed by atoms with E-state index in [-0.39, 0.29) is 5.57 Å². The van der Waals surface area contributed by atoms with Crippen molar-refractivity contribution in [3.63, 3.8) is 0 Å². The molecule has 1 aliphatic heterocycles. The number of amides is 1. The van der Waals surface area contributed by atoms with Crippen molar-refractivity contribution in [2.45, 2.75) is 26.3 Å². The number of rotatable bonds is 10. The van der Waals surface area contributed by atoms with Crippen molar-refractivity contribution in [3.8, 4) is 11.5 Å². The van der Waals surface area contributed by atoms with E-state index in [1.807, 2.05) is 0 Å². The average molecular weight is 454 g/mol. The fourth-order valence-electron chi connectivity index (χ4n) is 4.23. The number of Topliss-reactive ketones (excluding diaryl/α,β-unsaturated/α-hetero) is 1. The van der Waals surface area contributed by atoms with Crippen LogP contribution in [0, 0.1) is 0 Å². The highest BCUT2D eigenvalue weighted by atomic mass is 16.5. The summed E-state index contributed by atoms with van der Waals surface area (Å²) in [7, 11) is 3.05. The minimum atomic E-state index is -0.794. The third kappa shape index (κ3) is 5.01. The van der Waals surface area contributed by atoms with Gasteiger partial charge in [-0.05, 0) is 49.2 Å². The number of likely N-dealkylation sites (tertiary alicyclic amines) is 1. The molecule has 0 saturated carbocycles. The predicted octanol–water partition coefficient (Wildman–Crippen LogP) is 0.638. The first-order valence-electron chi connectivity index (χ1n) is 11.2. The van der Waals surface area contributed by atoms with Crippen molar-refractivity contribution < 1.29 is 29.1 Å². The van der Waals surface area contributed by atoms with E-state index in [1.165, 1.54) is 36.4 Å². The summed E-state index contributed by atoms with van der Waals surface area (Å²) in [5.41, 5.74) is 0.897. The molecule has 0 aliphatic carbocycles. The summed E-state index contributed by atoms with van der Waals surface area (Å²) in [5, 5.41) is 13.4. The average Bonchev–Trinajstić information content (AvgIpc) is 3.11. The van der Waals surface area contributed by atoms with Crippen LogP contribution in [0.4, 0.5) is 0 Å². The fourth-order valence-corrected chi connectivity index (χ4v) is 4.23. The predicted molar refractivity (Wildman–Crippen MR) is 122 cm³/mol. The lowest BCUT2D eigenvalue weighted by molar-refractivity contribution is -0.896. The van der Waals surface area contributed by atoms with E-state index in [0.717, 1.165) is 26.1 Å². The maximum absolute atomic E-state index is 13.4. The van der Waals surface area contributed by atoms with Gasteiger partial charge in [0.2, 0.25) is 5.78 Å². The molecule has 3 rings (SSSR count). The van der Waals surface area contributed by atoms with E-state index < -0.39 is 23.5 Å². The molecule has 2 aromatic rings. The van der Waals surface area contributed by atoms with Crippen LogP contribution in [-0.2, 0) is 9.59 Å². The van der Waals surface area contributed by atoms with E-state index in [1.54, 1.807) is 30.3 Å². The van der Waals surface area contributed by atoms with Crippen LogP contribution in [0.3, 0.4) is 0 Å². The molecule has 1 aromatic heterocycles. The Morgan fingerprint density at radius 3 is 2.33 bits per heavy atom. The molecule has 0 radical (unpaired) electrons. The first-order valence-corrected chi connectivity index (χ1v) is 11.2.